The van der Waals surface area contributed by atoms with E-state index in [-0.39, 0.29) is 18.5 Å². The molecule has 1 N–H and O–H groups in total. The van der Waals surface area contributed by atoms with Gasteiger partial charge in [0.1, 0.15) is 0 Å². The molecule has 2 aromatic carbocycles. The molecule has 1 aliphatic rings. The summed E-state index contributed by atoms with van der Waals surface area (Å²) in [6, 6.07) is 16.9. The van der Waals surface area contributed by atoms with Crippen LogP contribution in [0.2, 0.25) is 0 Å². The van der Waals surface area contributed by atoms with Gasteiger partial charge in [0.25, 0.3) is 0 Å². The Bertz CT molecular complexity index is 935. The van der Waals surface area contributed by atoms with Crippen molar-refractivity contribution in [3.8, 4) is 0 Å². The van der Waals surface area contributed by atoms with Crippen molar-refractivity contribution in [3.05, 3.63) is 65.7 Å². The maximum Gasteiger partial charge on any atom is 0.243 e. The monoisotopic (exact) mass is 429 g/mol. The van der Waals surface area contributed by atoms with Crippen molar-refractivity contribution in [2.45, 2.75) is 37.6 Å². The molecule has 3 rings (SSSR count). The second kappa shape index (κ2) is 9.73. The Labute approximate surface area is 179 Å². The van der Waals surface area contributed by atoms with E-state index in [1.54, 1.807) is 12.1 Å². The summed E-state index contributed by atoms with van der Waals surface area (Å²) in [5.41, 5.74) is 2.18. The second-order valence-electron chi connectivity index (χ2n) is 8.10. The second-order valence-corrected chi connectivity index (χ2v) is 10.0. The number of carbonyl (C=O) groups excluding carboxylic acids is 1. The van der Waals surface area contributed by atoms with Gasteiger partial charge in [-0.2, -0.15) is 4.31 Å². The van der Waals surface area contributed by atoms with E-state index >= 15 is 0 Å². The minimum absolute atomic E-state index is 0.0491. The SMILES string of the molecule is CC(C)c1ccc(S(=O)(=O)N2CCN(CC(=O)N[C@@H](C)c3ccccc3)CC2)cc1. The number of piperazine rings is 1. The quantitative estimate of drug-likeness (QED) is 0.735. The Morgan fingerprint density at radius 1 is 0.900 bits per heavy atom. The number of hydrogen-bond acceptors (Lipinski definition) is 4. The third-order valence-corrected chi connectivity index (χ3v) is 7.47. The molecule has 1 fully saturated rings. The molecule has 0 aliphatic carbocycles. The summed E-state index contributed by atoms with van der Waals surface area (Å²) in [5.74, 6) is 0.313. The van der Waals surface area contributed by atoms with Crippen molar-refractivity contribution in [1.29, 1.82) is 0 Å². The number of carbonyl (C=O) groups is 1. The molecule has 0 aromatic heterocycles. The molecule has 30 heavy (non-hydrogen) atoms. The van der Waals surface area contributed by atoms with Gasteiger partial charge in [-0.05, 0) is 36.1 Å². The van der Waals surface area contributed by atoms with E-state index < -0.39 is 10.0 Å². The lowest BCUT2D eigenvalue weighted by Gasteiger charge is -2.33. The predicted octanol–water partition coefficient (Wildman–Crippen LogP) is 2.99. The lowest BCUT2D eigenvalue weighted by Crippen LogP contribution is -2.51. The van der Waals surface area contributed by atoms with Crippen LogP contribution >= 0.6 is 0 Å². The van der Waals surface area contributed by atoms with E-state index in [0.29, 0.717) is 37.0 Å². The van der Waals surface area contributed by atoms with Gasteiger partial charge in [0.2, 0.25) is 15.9 Å². The number of benzene rings is 2. The Morgan fingerprint density at radius 2 is 1.50 bits per heavy atom. The highest BCUT2D eigenvalue weighted by Gasteiger charge is 2.29. The van der Waals surface area contributed by atoms with Crippen LogP contribution in [0.4, 0.5) is 0 Å². The first-order valence-electron chi connectivity index (χ1n) is 10.4. The fraction of sp³-hybridized carbons (Fsp3) is 0.435. The normalized spacial score (nSPS) is 17.1. The highest BCUT2D eigenvalue weighted by Crippen LogP contribution is 2.21. The molecule has 7 heteroatoms. The zero-order valence-electron chi connectivity index (χ0n) is 17.9. The largest absolute Gasteiger partial charge is 0.348 e. The topological polar surface area (TPSA) is 69.7 Å². The Balaban J connectivity index is 1.52. The summed E-state index contributed by atoms with van der Waals surface area (Å²) in [7, 11) is -3.51. The molecule has 6 nitrogen and oxygen atoms in total. The molecular weight excluding hydrogens is 398 g/mol. The van der Waals surface area contributed by atoms with Gasteiger partial charge in [-0.25, -0.2) is 8.42 Å². The van der Waals surface area contributed by atoms with E-state index in [2.05, 4.69) is 19.2 Å². The van der Waals surface area contributed by atoms with Crippen molar-refractivity contribution in [1.82, 2.24) is 14.5 Å². The third-order valence-electron chi connectivity index (χ3n) is 5.56. The van der Waals surface area contributed by atoms with Gasteiger partial charge < -0.3 is 5.32 Å². The van der Waals surface area contributed by atoms with E-state index in [0.717, 1.165) is 11.1 Å². The van der Waals surface area contributed by atoms with Gasteiger partial charge in [0, 0.05) is 26.2 Å². The first kappa shape index (κ1) is 22.5. The fourth-order valence-electron chi connectivity index (χ4n) is 3.62. The highest BCUT2D eigenvalue weighted by atomic mass is 32.2. The molecule has 1 atom stereocenters. The Kier molecular flexibility index (Phi) is 7.28. The number of nitrogens with one attached hydrogen (secondary N) is 1. The summed E-state index contributed by atoms with van der Waals surface area (Å²) in [6.45, 7) is 8.24. The molecule has 1 aliphatic heterocycles. The first-order chi connectivity index (χ1) is 14.3. The minimum Gasteiger partial charge on any atom is -0.348 e. The third kappa shape index (κ3) is 5.47. The van der Waals surface area contributed by atoms with E-state index in [9.17, 15) is 13.2 Å². The molecule has 0 radical (unpaired) electrons. The standard InChI is InChI=1S/C23H31N3O3S/c1-18(2)20-9-11-22(12-10-20)30(28,29)26-15-13-25(14-16-26)17-23(27)24-19(3)21-7-5-4-6-8-21/h4-12,18-19H,13-17H2,1-3H3,(H,24,27)/t19-/m0/s1. The zero-order chi connectivity index (χ0) is 21.7. The molecule has 1 amide bonds. The van der Waals surface area contributed by atoms with Gasteiger partial charge in [-0.15, -0.1) is 0 Å². The summed E-state index contributed by atoms with van der Waals surface area (Å²) >= 11 is 0. The van der Waals surface area contributed by atoms with Crippen LogP contribution in [0.1, 0.15) is 43.9 Å². The van der Waals surface area contributed by atoms with Gasteiger partial charge in [0.05, 0.1) is 17.5 Å². The predicted molar refractivity (Wildman–Crippen MR) is 119 cm³/mol. The van der Waals surface area contributed by atoms with E-state index in [4.69, 9.17) is 0 Å². The summed E-state index contributed by atoms with van der Waals surface area (Å²) in [6.07, 6.45) is 0. The Morgan fingerprint density at radius 3 is 2.07 bits per heavy atom. The van der Waals surface area contributed by atoms with Crippen LogP contribution < -0.4 is 5.32 Å². The zero-order valence-corrected chi connectivity index (χ0v) is 18.7. The summed E-state index contributed by atoms with van der Waals surface area (Å²) < 4.78 is 27.4. The molecule has 1 saturated heterocycles. The van der Waals surface area contributed by atoms with Crippen LogP contribution in [0, 0.1) is 0 Å². The molecule has 0 unspecified atom stereocenters. The first-order valence-corrected chi connectivity index (χ1v) is 11.9. The van der Waals surface area contributed by atoms with Crippen molar-refractivity contribution < 1.29 is 13.2 Å². The van der Waals surface area contributed by atoms with Crippen LogP contribution in [0.25, 0.3) is 0 Å². The number of amides is 1. The smallest absolute Gasteiger partial charge is 0.243 e. The van der Waals surface area contributed by atoms with Crippen LogP contribution in [0.15, 0.2) is 59.5 Å². The average Bonchev–Trinajstić information content (AvgIpc) is 2.74. The van der Waals surface area contributed by atoms with Gasteiger partial charge in [-0.3, -0.25) is 9.69 Å². The van der Waals surface area contributed by atoms with Crippen molar-refractivity contribution >= 4 is 15.9 Å². The maximum atomic E-state index is 12.9. The van der Waals surface area contributed by atoms with Gasteiger partial charge in [0.15, 0.2) is 0 Å². The molecular formula is C23H31N3O3S. The number of sulfonamides is 1. The van der Waals surface area contributed by atoms with Crippen LogP contribution in [-0.2, 0) is 14.8 Å². The summed E-state index contributed by atoms with van der Waals surface area (Å²) in [4.78, 5) is 14.7. The molecule has 162 valence electrons. The molecule has 0 saturated carbocycles. The molecule has 2 aromatic rings. The van der Waals surface area contributed by atoms with Gasteiger partial charge >= 0.3 is 0 Å². The van der Waals surface area contributed by atoms with Crippen LogP contribution in [0.5, 0.6) is 0 Å². The molecule has 1 heterocycles. The lowest BCUT2D eigenvalue weighted by atomic mass is 10.0. The number of nitrogens with zero attached hydrogens (tertiary/aromatic N) is 2. The van der Waals surface area contributed by atoms with Crippen molar-refractivity contribution in [2.75, 3.05) is 32.7 Å². The average molecular weight is 430 g/mol. The van der Waals surface area contributed by atoms with Gasteiger partial charge in [-0.1, -0.05) is 56.3 Å². The van der Waals surface area contributed by atoms with Crippen LogP contribution in [0.3, 0.4) is 0 Å². The molecule has 0 spiro atoms. The van der Waals surface area contributed by atoms with Crippen molar-refractivity contribution in [3.63, 3.8) is 0 Å². The van der Waals surface area contributed by atoms with Crippen LogP contribution in [-0.4, -0.2) is 56.3 Å². The van der Waals surface area contributed by atoms with E-state index in [1.807, 2.05) is 54.3 Å². The molecule has 0 bridgehead atoms. The lowest BCUT2D eigenvalue weighted by molar-refractivity contribution is -0.123. The summed E-state index contributed by atoms with van der Waals surface area (Å²) in [5, 5.41) is 3.01. The highest BCUT2D eigenvalue weighted by molar-refractivity contribution is 7.89. The van der Waals surface area contributed by atoms with E-state index in [1.165, 1.54) is 4.31 Å². The minimum atomic E-state index is -3.51. The fourth-order valence-corrected chi connectivity index (χ4v) is 5.04. The number of rotatable bonds is 7. The van der Waals surface area contributed by atoms with Crippen molar-refractivity contribution in [2.24, 2.45) is 0 Å². The Hall–Kier alpha value is -2.22. The maximum absolute atomic E-state index is 12.9. The number of hydrogen-bond donors (Lipinski definition) is 1.